The Morgan fingerprint density at radius 1 is 1.47 bits per heavy atom. The Balaban J connectivity index is 2.59. The second-order valence-corrected chi connectivity index (χ2v) is 3.22. The smallest absolute Gasteiger partial charge is 0.336 e. The van der Waals surface area contributed by atoms with Crippen molar-refractivity contribution in [1.29, 1.82) is 0 Å². The lowest BCUT2D eigenvalue weighted by Gasteiger charge is -2.08. The topological polar surface area (TPSA) is 55.1 Å². The predicted molar refractivity (Wildman–Crippen MR) is 55.3 cm³/mol. The average Bonchev–Trinajstić information content (AvgIpc) is 2.70. The second-order valence-electron chi connectivity index (χ2n) is 3.22. The largest absolute Gasteiger partial charge is 0.478 e. The van der Waals surface area contributed by atoms with Crippen LogP contribution in [0.2, 0.25) is 0 Å². The van der Waals surface area contributed by atoms with E-state index in [1.807, 2.05) is 6.07 Å². The molecule has 1 heterocycles. The first-order chi connectivity index (χ1) is 7.20. The number of rotatable bonds is 2. The third kappa shape index (κ3) is 1.61. The molecular formula is C11H10N2O2. The van der Waals surface area contributed by atoms with E-state index in [-0.39, 0.29) is 0 Å². The summed E-state index contributed by atoms with van der Waals surface area (Å²) >= 11 is 0. The van der Waals surface area contributed by atoms with Crippen LogP contribution in [-0.2, 0) is 0 Å². The van der Waals surface area contributed by atoms with Crippen LogP contribution in [0.1, 0.15) is 15.9 Å². The third-order valence-corrected chi connectivity index (χ3v) is 2.32. The van der Waals surface area contributed by atoms with Gasteiger partial charge in [0.1, 0.15) is 0 Å². The van der Waals surface area contributed by atoms with Gasteiger partial charge in [-0.05, 0) is 24.6 Å². The zero-order valence-corrected chi connectivity index (χ0v) is 8.21. The molecule has 0 atom stereocenters. The van der Waals surface area contributed by atoms with Crippen LogP contribution in [0, 0.1) is 6.92 Å². The van der Waals surface area contributed by atoms with Crippen LogP contribution >= 0.6 is 0 Å². The highest BCUT2D eigenvalue weighted by Crippen LogP contribution is 2.17. The van der Waals surface area contributed by atoms with Gasteiger partial charge in [0, 0.05) is 12.4 Å². The lowest BCUT2D eigenvalue weighted by atomic mass is 10.1. The summed E-state index contributed by atoms with van der Waals surface area (Å²) in [5, 5.41) is 8.96. The van der Waals surface area contributed by atoms with E-state index in [1.165, 1.54) is 0 Å². The lowest BCUT2D eigenvalue weighted by molar-refractivity contribution is 0.0696. The van der Waals surface area contributed by atoms with E-state index in [4.69, 9.17) is 5.11 Å². The van der Waals surface area contributed by atoms with Gasteiger partial charge in [-0.2, -0.15) is 0 Å². The molecule has 15 heavy (non-hydrogen) atoms. The normalized spacial score (nSPS) is 10.2. The molecule has 0 aliphatic carbocycles. The molecule has 1 aromatic carbocycles. The molecule has 0 amide bonds. The van der Waals surface area contributed by atoms with Crippen LogP contribution in [0.4, 0.5) is 0 Å². The van der Waals surface area contributed by atoms with Crippen molar-refractivity contribution < 1.29 is 9.90 Å². The Morgan fingerprint density at radius 3 is 2.87 bits per heavy atom. The number of imidazole rings is 1. The first kappa shape index (κ1) is 9.45. The Labute approximate surface area is 86.8 Å². The summed E-state index contributed by atoms with van der Waals surface area (Å²) in [7, 11) is 0. The van der Waals surface area contributed by atoms with E-state index in [2.05, 4.69) is 4.98 Å². The highest BCUT2D eigenvalue weighted by Gasteiger charge is 2.10. The van der Waals surface area contributed by atoms with E-state index >= 15 is 0 Å². The van der Waals surface area contributed by atoms with Crippen molar-refractivity contribution in [2.75, 3.05) is 0 Å². The maximum atomic E-state index is 10.9. The minimum absolute atomic E-state index is 0.321. The van der Waals surface area contributed by atoms with Crippen LogP contribution < -0.4 is 0 Å². The Kier molecular flexibility index (Phi) is 2.25. The van der Waals surface area contributed by atoms with E-state index in [9.17, 15) is 4.79 Å². The Bertz CT molecular complexity index is 489. The number of benzene rings is 1. The van der Waals surface area contributed by atoms with Crippen LogP contribution in [0.25, 0.3) is 5.69 Å². The number of nitrogens with zero attached hydrogens (tertiary/aromatic N) is 2. The van der Waals surface area contributed by atoms with Crippen LogP contribution in [0.3, 0.4) is 0 Å². The first-order valence-electron chi connectivity index (χ1n) is 4.51. The first-order valence-corrected chi connectivity index (χ1v) is 4.51. The quantitative estimate of drug-likeness (QED) is 0.808. The van der Waals surface area contributed by atoms with Crippen LogP contribution in [0.15, 0.2) is 36.9 Å². The predicted octanol–water partition coefficient (Wildman–Crippen LogP) is 1.88. The molecule has 1 aromatic heterocycles. The molecule has 0 aliphatic rings. The summed E-state index contributed by atoms with van der Waals surface area (Å²) in [4.78, 5) is 14.8. The van der Waals surface area contributed by atoms with Crippen molar-refractivity contribution in [2.24, 2.45) is 0 Å². The average molecular weight is 202 g/mol. The lowest BCUT2D eigenvalue weighted by Crippen LogP contribution is -2.03. The molecular weight excluding hydrogens is 192 g/mol. The molecule has 76 valence electrons. The van der Waals surface area contributed by atoms with Gasteiger partial charge in [0.05, 0.1) is 17.6 Å². The fraction of sp³-hybridized carbons (Fsp3) is 0.0909. The molecule has 0 spiro atoms. The molecule has 2 aromatic rings. The fourth-order valence-corrected chi connectivity index (χ4v) is 1.54. The van der Waals surface area contributed by atoms with Crippen LogP contribution in [-0.4, -0.2) is 20.6 Å². The summed E-state index contributed by atoms with van der Waals surface area (Å²) in [6.07, 6.45) is 5.09. The second kappa shape index (κ2) is 3.57. The molecule has 0 saturated heterocycles. The van der Waals surface area contributed by atoms with E-state index in [0.29, 0.717) is 5.56 Å². The zero-order valence-electron chi connectivity index (χ0n) is 8.21. The number of hydrogen-bond donors (Lipinski definition) is 1. The van der Waals surface area contributed by atoms with Crippen molar-refractivity contribution in [1.82, 2.24) is 9.55 Å². The highest BCUT2D eigenvalue weighted by atomic mass is 16.4. The standard InChI is InChI=1S/C11H10N2O2/c1-8-9(11(14)15)3-2-4-10(8)13-6-5-12-7-13/h2-7H,1H3,(H,14,15). The minimum Gasteiger partial charge on any atom is -0.478 e. The van der Waals surface area contributed by atoms with Gasteiger partial charge in [0.25, 0.3) is 0 Å². The molecule has 0 aliphatic heterocycles. The molecule has 1 N–H and O–H groups in total. The Morgan fingerprint density at radius 2 is 2.27 bits per heavy atom. The van der Waals surface area contributed by atoms with Gasteiger partial charge in [-0.15, -0.1) is 0 Å². The van der Waals surface area contributed by atoms with Crippen molar-refractivity contribution in [2.45, 2.75) is 6.92 Å². The summed E-state index contributed by atoms with van der Waals surface area (Å²) in [6, 6.07) is 5.19. The molecule has 2 rings (SSSR count). The van der Waals surface area contributed by atoms with E-state index in [1.54, 1.807) is 42.3 Å². The van der Waals surface area contributed by atoms with Gasteiger partial charge in [0.15, 0.2) is 0 Å². The van der Waals surface area contributed by atoms with Crippen molar-refractivity contribution in [3.63, 3.8) is 0 Å². The molecule has 0 fully saturated rings. The Hall–Kier alpha value is -2.10. The monoisotopic (exact) mass is 202 g/mol. The van der Waals surface area contributed by atoms with Crippen molar-refractivity contribution >= 4 is 5.97 Å². The van der Waals surface area contributed by atoms with Crippen molar-refractivity contribution in [3.8, 4) is 5.69 Å². The number of carbonyl (C=O) groups is 1. The fourth-order valence-electron chi connectivity index (χ4n) is 1.54. The van der Waals surface area contributed by atoms with Crippen LogP contribution in [0.5, 0.6) is 0 Å². The van der Waals surface area contributed by atoms with Gasteiger partial charge in [-0.1, -0.05) is 6.07 Å². The van der Waals surface area contributed by atoms with Gasteiger partial charge in [-0.25, -0.2) is 9.78 Å². The van der Waals surface area contributed by atoms with Gasteiger partial charge < -0.3 is 9.67 Å². The third-order valence-electron chi connectivity index (χ3n) is 2.32. The molecule has 4 heteroatoms. The minimum atomic E-state index is -0.908. The zero-order chi connectivity index (χ0) is 10.8. The van der Waals surface area contributed by atoms with Gasteiger partial charge in [0.2, 0.25) is 0 Å². The van der Waals surface area contributed by atoms with Crippen molar-refractivity contribution in [3.05, 3.63) is 48.0 Å². The number of aromatic nitrogens is 2. The maximum absolute atomic E-state index is 10.9. The molecule has 0 saturated carbocycles. The maximum Gasteiger partial charge on any atom is 0.336 e. The summed E-state index contributed by atoms with van der Waals surface area (Å²) in [6.45, 7) is 1.79. The summed E-state index contributed by atoms with van der Waals surface area (Å²) in [5.74, 6) is -0.908. The highest BCUT2D eigenvalue weighted by molar-refractivity contribution is 5.90. The van der Waals surface area contributed by atoms with E-state index in [0.717, 1.165) is 11.3 Å². The van der Waals surface area contributed by atoms with Gasteiger partial charge in [-0.3, -0.25) is 0 Å². The molecule has 0 unspecified atom stereocenters. The number of carboxylic acid groups (broad SMARTS) is 1. The molecule has 0 bridgehead atoms. The summed E-state index contributed by atoms with van der Waals surface area (Å²) in [5.41, 5.74) is 1.90. The SMILES string of the molecule is Cc1c(C(=O)O)cccc1-n1ccnc1. The number of aromatic carboxylic acids is 1. The number of carboxylic acids is 1. The van der Waals surface area contributed by atoms with E-state index < -0.39 is 5.97 Å². The molecule has 4 nitrogen and oxygen atoms in total. The number of hydrogen-bond acceptors (Lipinski definition) is 2. The van der Waals surface area contributed by atoms with Gasteiger partial charge >= 0.3 is 5.97 Å². The summed E-state index contributed by atoms with van der Waals surface area (Å²) < 4.78 is 1.79. The molecule has 0 radical (unpaired) electrons.